The van der Waals surface area contributed by atoms with Gasteiger partial charge in [-0.15, -0.1) is 11.3 Å². The fourth-order valence-electron chi connectivity index (χ4n) is 8.15. The van der Waals surface area contributed by atoms with Gasteiger partial charge in [0.25, 0.3) is 0 Å². The van der Waals surface area contributed by atoms with E-state index in [1.165, 1.54) is 53.2 Å². The Morgan fingerprint density at radius 2 is 1.11 bits per heavy atom. The number of thiophene rings is 1. The molecule has 0 saturated carbocycles. The first-order valence-electron chi connectivity index (χ1n) is 18.9. The quantitative estimate of drug-likeness (QED) is 0.182. The summed E-state index contributed by atoms with van der Waals surface area (Å²) in [5.74, 6) is 1.51. The molecule has 264 valence electrons. The number of nitrogens with one attached hydrogen (secondary N) is 1. The van der Waals surface area contributed by atoms with Gasteiger partial charge in [0.15, 0.2) is 5.84 Å². The Labute approximate surface area is 328 Å². The summed E-state index contributed by atoms with van der Waals surface area (Å²) in [6.45, 7) is 0. The van der Waals surface area contributed by atoms with Crippen LogP contribution < -0.4 is 5.32 Å². The van der Waals surface area contributed by atoms with Crippen molar-refractivity contribution in [1.29, 1.82) is 0 Å². The van der Waals surface area contributed by atoms with Gasteiger partial charge in [-0.25, -0.2) is 9.98 Å². The number of aromatic nitrogens is 1. The summed E-state index contributed by atoms with van der Waals surface area (Å²) in [7, 11) is 0. The topological polar surface area (TPSA) is 41.7 Å². The molecule has 56 heavy (non-hydrogen) atoms. The Morgan fingerprint density at radius 1 is 0.464 bits per heavy atom. The van der Waals surface area contributed by atoms with Crippen molar-refractivity contribution in [2.75, 3.05) is 0 Å². The summed E-state index contributed by atoms with van der Waals surface area (Å²) in [4.78, 5) is 10.4. The van der Waals surface area contributed by atoms with E-state index in [-0.39, 0.29) is 6.17 Å². The first kappa shape index (κ1) is 32.4. The maximum atomic E-state index is 5.23. The molecule has 0 aliphatic carbocycles. The van der Waals surface area contributed by atoms with Gasteiger partial charge in [0.05, 0.1) is 11.0 Å². The van der Waals surface area contributed by atoms with E-state index >= 15 is 0 Å². The van der Waals surface area contributed by atoms with E-state index < -0.39 is 0 Å². The van der Waals surface area contributed by atoms with Crippen molar-refractivity contribution in [3.63, 3.8) is 0 Å². The van der Waals surface area contributed by atoms with Crippen LogP contribution in [0.4, 0.5) is 0 Å². The second kappa shape index (κ2) is 13.3. The molecule has 0 amide bonds. The summed E-state index contributed by atoms with van der Waals surface area (Å²) in [6, 6.07) is 69.3. The smallest absolute Gasteiger partial charge is 0.159 e. The van der Waals surface area contributed by atoms with Gasteiger partial charge in [-0.05, 0) is 58.7 Å². The molecule has 3 heterocycles. The van der Waals surface area contributed by atoms with Crippen molar-refractivity contribution in [2.24, 2.45) is 9.98 Å². The standard InChI is InChI=1S/C51H34N4S/c1-5-15-33(16-6-1)37-26-28-47-43(29-37)44-32-39(31-42(48(44)56-47)34-17-7-2-8-18-34)55-45-24-14-13-23-40(45)41-27-25-38(30-46(41)55)51-53-49(35-19-9-3-10-20-35)52-50(54-51)36-21-11-4-12-22-36/h1-32,49H,(H,52,53,54). The van der Waals surface area contributed by atoms with Gasteiger partial charge in [0.1, 0.15) is 12.0 Å². The minimum absolute atomic E-state index is 0.274. The average molecular weight is 735 g/mol. The van der Waals surface area contributed by atoms with E-state index in [0.29, 0.717) is 5.84 Å². The minimum Gasteiger partial charge on any atom is -0.344 e. The molecule has 5 heteroatoms. The molecule has 2 aromatic heterocycles. The Bertz CT molecular complexity index is 3140. The molecule has 1 N–H and O–H groups in total. The molecule has 10 aromatic rings. The first-order valence-corrected chi connectivity index (χ1v) is 19.8. The zero-order valence-corrected chi connectivity index (χ0v) is 31.1. The van der Waals surface area contributed by atoms with E-state index in [0.717, 1.165) is 39.2 Å². The van der Waals surface area contributed by atoms with Crippen LogP contribution in [0.2, 0.25) is 0 Å². The number of para-hydroxylation sites is 1. The molecule has 11 rings (SSSR count). The number of benzene rings is 8. The maximum absolute atomic E-state index is 5.23. The van der Waals surface area contributed by atoms with E-state index in [2.05, 4.69) is 180 Å². The minimum atomic E-state index is -0.274. The maximum Gasteiger partial charge on any atom is 0.159 e. The van der Waals surface area contributed by atoms with Crippen LogP contribution in [0.15, 0.2) is 204 Å². The van der Waals surface area contributed by atoms with Gasteiger partial charge in [-0.1, -0.05) is 158 Å². The Hall–Kier alpha value is -7.08. The average Bonchev–Trinajstić information content (AvgIpc) is 3.82. The molecular formula is C51H34N4S. The summed E-state index contributed by atoms with van der Waals surface area (Å²) >= 11 is 1.87. The van der Waals surface area contributed by atoms with Crippen molar-refractivity contribution in [3.8, 4) is 27.9 Å². The zero-order chi connectivity index (χ0) is 37.0. The van der Waals surface area contributed by atoms with Crippen LogP contribution in [0.3, 0.4) is 0 Å². The molecule has 4 nitrogen and oxygen atoms in total. The molecule has 0 saturated heterocycles. The highest BCUT2D eigenvalue weighted by atomic mass is 32.1. The van der Waals surface area contributed by atoms with Gasteiger partial charge in [-0.3, -0.25) is 0 Å². The second-order valence-corrected chi connectivity index (χ2v) is 15.3. The third kappa shape index (κ3) is 5.52. The zero-order valence-electron chi connectivity index (χ0n) is 30.3. The molecule has 0 fully saturated rings. The lowest BCUT2D eigenvalue weighted by Gasteiger charge is -2.23. The van der Waals surface area contributed by atoms with Gasteiger partial charge in [0.2, 0.25) is 0 Å². The molecule has 1 aliphatic heterocycles. The van der Waals surface area contributed by atoms with Crippen LogP contribution in [0, 0.1) is 0 Å². The van der Waals surface area contributed by atoms with Crippen LogP contribution in [-0.4, -0.2) is 16.2 Å². The van der Waals surface area contributed by atoms with Crippen molar-refractivity contribution < 1.29 is 0 Å². The summed E-state index contributed by atoms with van der Waals surface area (Å²) in [5, 5.41) is 8.53. The fourth-order valence-corrected chi connectivity index (χ4v) is 9.35. The van der Waals surface area contributed by atoms with Gasteiger partial charge in [-0.2, -0.15) is 0 Å². The molecular weight excluding hydrogens is 701 g/mol. The highest BCUT2D eigenvalue weighted by Gasteiger charge is 2.23. The molecule has 1 unspecified atom stereocenters. The van der Waals surface area contributed by atoms with E-state index in [1.807, 2.05) is 35.6 Å². The lowest BCUT2D eigenvalue weighted by atomic mass is 9.99. The third-order valence-corrected chi connectivity index (χ3v) is 12.1. The molecule has 1 atom stereocenters. The van der Waals surface area contributed by atoms with E-state index in [9.17, 15) is 0 Å². The number of hydrogen-bond donors (Lipinski definition) is 1. The fraction of sp³-hybridized carbons (Fsp3) is 0.0196. The van der Waals surface area contributed by atoms with Crippen LogP contribution >= 0.6 is 11.3 Å². The van der Waals surface area contributed by atoms with Crippen LogP contribution in [0.5, 0.6) is 0 Å². The van der Waals surface area contributed by atoms with E-state index in [4.69, 9.17) is 9.98 Å². The first-order chi connectivity index (χ1) is 27.7. The number of nitrogens with zero attached hydrogens (tertiary/aromatic N) is 3. The monoisotopic (exact) mass is 734 g/mol. The molecule has 1 aliphatic rings. The van der Waals surface area contributed by atoms with Gasteiger partial charge >= 0.3 is 0 Å². The highest BCUT2D eigenvalue weighted by Crippen LogP contribution is 2.44. The predicted octanol–water partition coefficient (Wildman–Crippen LogP) is 13.0. The Kier molecular flexibility index (Phi) is 7.71. The molecule has 0 spiro atoms. The lowest BCUT2D eigenvalue weighted by Crippen LogP contribution is -2.33. The molecule has 8 aromatic carbocycles. The van der Waals surface area contributed by atoms with Crippen molar-refractivity contribution in [2.45, 2.75) is 6.17 Å². The number of amidine groups is 2. The molecule has 0 bridgehead atoms. The van der Waals surface area contributed by atoms with Crippen LogP contribution in [0.25, 0.3) is 69.9 Å². The van der Waals surface area contributed by atoms with Gasteiger partial charge in [0, 0.05) is 53.3 Å². The van der Waals surface area contributed by atoms with Crippen molar-refractivity contribution in [1.82, 2.24) is 9.88 Å². The van der Waals surface area contributed by atoms with Gasteiger partial charge < -0.3 is 9.88 Å². The summed E-state index contributed by atoms with van der Waals surface area (Å²) in [6.07, 6.45) is -0.274. The van der Waals surface area contributed by atoms with Crippen molar-refractivity contribution >= 4 is 65.0 Å². The number of hydrogen-bond acceptors (Lipinski definition) is 4. The predicted molar refractivity (Wildman–Crippen MR) is 236 cm³/mol. The Morgan fingerprint density at radius 3 is 1.88 bits per heavy atom. The number of fused-ring (bicyclic) bond motifs is 6. The number of rotatable bonds is 6. The summed E-state index contributed by atoms with van der Waals surface area (Å²) < 4.78 is 5.01. The lowest BCUT2D eigenvalue weighted by molar-refractivity contribution is 0.674. The van der Waals surface area contributed by atoms with E-state index in [1.54, 1.807) is 0 Å². The largest absolute Gasteiger partial charge is 0.344 e. The molecule has 0 radical (unpaired) electrons. The van der Waals surface area contributed by atoms with Crippen LogP contribution in [-0.2, 0) is 0 Å². The van der Waals surface area contributed by atoms with Crippen molar-refractivity contribution in [3.05, 3.63) is 211 Å². The third-order valence-electron chi connectivity index (χ3n) is 10.8. The summed E-state index contributed by atoms with van der Waals surface area (Å²) in [5.41, 5.74) is 11.3. The normalized spacial score (nSPS) is 14.2. The Balaban J connectivity index is 1.16. The second-order valence-electron chi connectivity index (χ2n) is 14.2. The number of aliphatic imine (C=N–C) groups is 2. The SMILES string of the molecule is c1ccc(C2=NC(c3ccc4c5ccccc5n(-c5cc(-c6ccccc6)c6sc7ccc(-c8ccccc8)cc7c6c5)c4c3)=NC(c3ccccc3)N2)cc1. The highest BCUT2D eigenvalue weighted by molar-refractivity contribution is 7.26. The van der Waals surface area contributed by atoms with Crippen LogP contribution in [0.1, 0.15) is 22.9 Å².